The van der Waals surface area contributed by atoms with Gasteiger partial charge >= 0.3 is 0 Å². The molecule has 1 atom stereocenters. The summed E-state index contributed by atoms with van der Waals surface area (Å²) in [4.78, 5) is 34.8. The van der Waals surface area contributed by atoms with Gasteiger partial charge < -0.3 is 25.4 Å². The molecule has 2 aromatic heterocycles. The molecule has 10 nitrogen and oxygen atoms in total. The van der Waals surface area contributed by atoms with Crippen molar-refractivity contribution in [3.63, 3.8) is 0 Å². The minimum atomic E-state index is 0.0214. The van der Waals surface area contributed by atoms with Crippen LogP contribution in [0.1, 0.15) is 43.7 Å². The number of halogens is 2. The first-order chi connectivity index (χ1) is 24.2. The van der Waals surface area contributed by atoms with E-state index in [1.807, 2.05) is 48.5 Å². The monoisotopic (exact) mass is 716 g/mol. The molecule has 0 radical (unpaired) electrons. The van der Waals surface area contributed by atoms with Gasteiger partial charge in [-0.05, 0) is 37.5 Å². The number of rotatable bonds is 12. The molecular formula is C38H42Cl2N6O4. The first-order valence-corrected chi connectivity index (χ1v) is 17.6. The van der Waals surface area contributed by atoms with Crippen LogP contribution >= 0.6 is 23.2 Å². The molecule has 12 heteroatoms. The number of benzene rings is 2. The second kappa shape index (κ2) is 16.2. The maximum Gasteiger partial charge on any atom is 0.220 e. The van der Waals surface area contributed by atoms with Crippen molar-refractivity contribution in [3.05, 3.63) is 82.0 Å². The number of nitrogens with one attached hydrogen (secondary N) is 3. The van der Waals surface area contributed by atoms with E-state index in [1.54, 1.807) is 27.3 Å². The summed E-state index contributed by atoms with van der Waals surface area (Å²) in [5, 5.41) is 10.4. The Morgan fingerprint density at radius 3 is 2.44 bits per heavy atom. The van der Waals surface area contributed by atoms with Crippen LogP contribution in [0.4, 0.5) is 0 Å². The molecule has 262 valence electrons. The molecule has 2 saturated heterocycles. The van der Waals surface area contributed by atoms with E-state index < -0.39 is 0 Å². The Kier molecular flexibility index (Phi) is 11.5. The normalized spacial score (nSPS) is 16.7. The lowest BCUT2D eigenvalue weighted by Gasteiger charge is -2.32. The number of carbonyl (C=O) groups is 2. The third-order valence-corrected chi connectivity index (χ3v) is 10.1. The van der Waals surface area contributed by atoms with Crippen molar-refractivity contribution in [2.75, 3.05) is 33.9 Å². The topological polar surface area (TPSA) is 118 Å². The van der Waals surface area contributed by atoms with Gasteiger partial charge in [0.15, 0.2) is 0 Å². The van der Waals surface area contributed by atoms with Crippen molar-refractivity contribution in [1.29, 1.82) is 0 Å². The quantitative estimate of drug-likeness (QED) is 0.157. The van der Waals surface area contributed by atoms with E-state index in [0.29, 0.717) is 46.8 Å². The number of ether oxygens (including phenoxy) is 2. The summed E-state index contributed by atoms with van der Waals surface area (Å²) >= 11 is 14.2. The van der Waals surface area contributed by atoms with Crippen LogP contribution in [0.15, 0.2) is 60.8 Å². The van der Waals surface area contributed by atoms with Gasteiger partial charge in [-0.2, -0.15) is 0 Å². The molecule has 4 aromatic rings. The van der Waals surface area contributed by atoms with Gasteiger partial charge in [0.2, 0.25) is 17.7 Å². The van der Waals surface area contributed by atoms with Gasteiger partial charge in [0.25, 0.3) is 0 Å². The summed E-state index contributed by atoms with van der Waals surface area (Å²) in [6.07, 6.45) is 4.99. The molecule has 0 spiro atoms. The van der Waals surface area contributed by atoms with Gasteiger partial charge in [0.1, 0.15) is 5.75 Å². The highest BCUT2D eigenvalue weighted by Crippen LogP contribution is 2.42. The summed E-state index contributed by atoms with van der Waals surface area (Å²) in [5.74, 6) is 1.39. The van der Waals surface area contributed by atoms with E-state index >= 15 is 0 Å². The summed E-state index contributed by atoms with van der Waals surface area (Å²) in [6.45, 7) is 5.34. The van der Waals surface area contributed by atoms with Crippen LogP contribution in [-0.4, -0.2) is 72.6 Å². The highest BCUT2D eigenvalue weighted by Gasteiger charge is 2.23. The second-order valence-corrected chi connectivity index (χ2v) is 13.5. The van der Waals surface area contributed by atoms with Gasteiger partial charge in [0, 0.05) is 97.7 Å². The summed E-state index contributed by atoms with van der Waals surface area (Å²) in [7, 11) is 3.27. The van der Waals surface area contributed by atoms with Crippen molar-refractivity contribution in [3.8, 4) is 45.3 Å². The molecule has 6 rings (SSSR count). The Balaban J connectivity index is 1.20. The zero-order chi connectivity index (χ0) is 35.2. The molecule has 3 N–H and O–H groups in total. The number of hydrogen-bond donors (Lipinski definition) is 3. The molecule has 2 fully saturated rings. The molecule has 2 amide bonds. The first kappa shape index (κ1) is 35.6. The van der Waals surface area contributed by atoms with E-state index in [2.05, 4.69) is 31.9 Å². The standard InChI is InChI=1S/C38H42Cl2N6O4/c1-23(47)43-27-14-17-46(18-15-27)22-26-8-7-24(19-33(26)49-2)37-36(40)30(13-16-42-37)29-5-4-6-31(35(29)39)32-11-9-25(38(45-32)50-3)20-41-21-28-10-12-34(48)44-28/h4-9,11,13,16,19,27-28,41H,10,12,14-15,17-18,20-22H2,1-3H3,(H,43,47)(H,44,48). The van der Waals surface area contributed by atoms with Gasteiger partial charge in [-0.3, -0.25) is 19.5 Å². The Morgan fingerprint density at radius 2 is 1.72 bits per heavy atom. The Hall–Kier alpha value is -4.22. The van der Waals surface area contributed by atoms with Crippen LogP contribution in [0, 0.1) is 0 Å². The number of aromatic nitrogens is 2. The van der Waals surface area contributed by atoms with Crippen LogP contribution in [0.3, 0.4) is 0 Å². The zero-order valence-corrected chi connectivity index (χ0v) is 30.0. The Bertz CT molecular complexity index is 1860. The van der Waals surface area contributed by atoms with Gasteiger partial charge in [-0.25, -0.2) is 4.98 Å². The first-order valence-electron chi connectivity index (χ1n) is 16.9. The highest BCUT2D eigenvalue weighted by molar-refractivity contribution is 6.39. The lowest BCUT2D eigenvalue weighted by Crippen LogP contribution is -2.43. The van der Waals surface area contributed by atoms with E-state index in [-0.39, 0.29) is 23.9 Å². The summed E-state index contributed by atoms with van der Waals surface area (Å²) in [6, 6.07) is 18.0. The fraction of sp³-hybridized carbons (Fsp3) is 0.368. The molecule has 50 heavy (non-hydrogen) atoms. The van der Waals surface area contributed by atoms with Crippen LogP contribution in [0.2, 0.25) is 10.0 Å². The molecule has 0 aliphatic carbocycles. The SMILES string of the molecule is COc1cc(-c2nccc(-c3cccc(-c4ccc(CNCC5CCC(=O)N5)c(OC)n4)c3Cl)c2Cl)ccc1CN1CCC(NC(C)=O)CC1. The number of methoxy groups -OCH3 is 2. The second-order valence-electron chi connectivity index (χ2n) is 12.8. The maximum atomic E-state index is 11.5. The van der Waals surface area contributed by atoms with Crippen molar-refractivity contribution in [2.24, 2.45) is 0 Å². The van der Waals surface area contributed by atoms with Crippen LogP contribution in [-0.2, 0) is 22.7 Å². The Labute approximate surface area is 302 Å². The van der Waals surface area contributed by atoms with Gasteiger partial charge in [-0.15, -0.1) is 0 Å². The Morgan fingerprint density at radius 1 is 0.960 bits per heavy atom. The average Bonchev–Trinajstić information content (AvgIpc) is 3.54. The van der Waals surface area contributed by atoms with Gasteiger partial charge in [-0.1, -0.05) is 59.6 Å². The third-order valence-electron chi connectivity index (χ3n) is 9.33. The van der Waals surface area contributed by atoms with Crippen LogP contribution < -0.4 is 25.4 Å². The van der Waals surface area contributed by atoms with Crippen LogP contribution in [0.5, 0.6) is 11.6 Å². The molecule has 0 bridgehead atoms. The fourth-order valence-electron chi connectivity index (χ4n) is 6.72. The predicted molar refractivity (Wildman–Crippen MR) is 196 cm³/mol. The number of nitrogens with zero attached hydrogens (tertiary/aromatic N) is 3. The van der Waals surface area contributed by atoms with E-state index in [1.165, 1.54) is 0 Å². The summed E-state index contributed by atoms with van der Waals surface area (Å²) in [5.41, 5.74) is 6.37. The van der Waals surface area contributed by atoms with Crippen molar-refractivity contribution < 1.29 is 19.1 Å². The predicted octanol–water partition coefficient (Wildman–Crippen LogP) is 6.27. The molecule has 2 aliphatic heterocycles. The largest absolute Gasteiger partial charge is 0.496 e. The number of carbonyl (C=O) groups excluding carboxylic acids is 2. The number of hydrogen-bond acceptors (Lipinski definition) is 8. The maximum absolute atomic E-state index is 11.5. The third kappa shape index (κ3) is 8.21. The van der Waals surface area contributed by atoms with Gasteiger partial charge in [0.05, 0.1) is 35.7 Å². The molecule has 2 aromatic carbocycles. The van der Waals surface area contributed by atoms with E-state index in [9.17, 15) is 9.59 Å². The van der Waals surface area contributed by atoms with Crippen molar-refractivity contribution in [1.82, 2.24) is 30.8 Å². The lowest BCUT2D eigenvalue weighted by atomic mass is 9.99. The number of piperidine rings is 1. The fourth-order valence-corrected chi connectivity index (χ4v) is 7.37. The highest BCUT2D eigenvalue weighted by atomic mass is 35.5. The van der Waals surface area contributed by atoms with Crippen LogP contribution in [0.25, 0.3) is 33.6 Å². The zero-order valence-electron chi connectivity index (χ0n) is 28.5. The van der Waals surface area contributed by atoms with E-state index in [4.69, 9.17) is 37.7 Å². The minimum absolute atomic E-state index is 0.0214. The number of amides is 2. The smallest absolute Gasteiger partial charge is 0.220 e. The molecular weight excluding hydrogens is 675 g/mol. The van der Waals surface area contributed by atoms with Crippen molar-refractivity contribution in [2.45, 2.75) is 57.8 Å². The van der Waals surface area contributed by atoms with Crippen molar-refractivity contribution >= 4 is 35.0 Å². The molecule has 0 saturated carbocycles. The molecule has 1 unspecified atom stereocenters. The number of pyridine rings is 2. The molecule has 4 heterocycles. The molecule has 2 aliphatic rings. The number of likely N-dealkylation sites (tertiary alicyclic amines) is 1. The average molecular weight is 718 g/mol. The summed E-state index contributed by atoms with van der Waals surface area (Å²) < 4.78 is 11.5. The van der Waals surface area contributed by atoms with E-state index in [0.717, 1.165) is 78.0 Å². The lowest BCUT2D eigenvalue weighted by molar-refractivity contribution is -0.120. The minimum Gasteiger partial charge on any atom is -0.496 e.